The normalized spacial score (nSPS) is 13.6. The Bertz CT molecular complexity index is 3820. The number of rotatable bonds is 8. The van der Waals surface area contributed by atoms with Crippen molar-refractivity contribution in [3.8, 4) is 22.3 Å². The summed E-state index contributed by atoms with van der Waals surface area (Å²) in [6.45, 7) is 27.6. The molecule has 0 atom stereocenters. The number of nitrogens with zero attached hydrogens (tertiary/aromatic N) is 2. The van der Waals surface area contributed by atoms with Crippen LogP contribution in [0.25, 0.3) is 65.3 Å². The van der Waals surface area contributed by atoms with Crippen molar-refractivity contribution in [1.82, 2.24) is 0 Å². The van der Waals surface area contributed by atoms with Crippen molar-refractivity contribution in [2.75, 3.05) is 9.80 Å². The van der Waals surface area contributed by atoms with Crippen LogP contribution >= 0.6 is 0 Å². The van der Waals surface area contributed by atoms with Gasteiger partial charge in [-0.15, -0.1) is 0 Å². The van der Waals surface area contributed by atoms with Gasteiger partial charge in [0, 0.05) is 34.1 Å². The summed E-state index contributed by atoms with van der Waals surface area (Å²) in [7, 11) is 0. The molecule has 0 spiro atoms. The highest BCUT2D eigenvalue weighted by atomic mass is 15.2. The first kappa shape index (κ1) is 50.5. The van der Waals surface area contributed by atoms with Crippen molar-refractivity contribution in [3.05, 3.63) is 234 Å². The molecule has 0 aliphatic heterocycles. The maximum atomic E-state index is 2.53. The molecule has 10 aromatic carbocycles. The van der Waals surface area contributed by atoms with Crippen LogP contribution in [0.5, 0.6) is 0 Å². The lowest BCUT2D eigenvalue weighted by molar-refractivity contribution is 0.479. The zero-order valence-corrected chi connectivity index (χ0v) is 46.9. The van der Waals surface area contributed by atoms with Gasteiger partial charge in [-0.05, 0) is 195 Å². The maximum Gasteiger partial charge on any atom is 0.0468 e. The van der Waals surface area contributed by atoms with Crippen molar-refractivity contribution in [2.24, 2.45) is 5.41 Å². The SMILES string of the molecule is CC(C)(C)C1=CC=C(N(c2ccc(C(C)(C)C)cc2)c2ccc3c(-c4ccc5ccccc5c4)c4cc(N(c5ccc(C(C)(C)C)cc5)c5ccc(C(C)(C)C)cc5)ccc4c(-c4ccc5ccccc5c4)c3c2)CC1. The van der Waals surface area contributed by atoms with Gasteiger partial charge < -0.3 is 9.80 Å². The lowest BCUT2D eigenvalue weighted by Crippen LogP contribution is -2.20. The van der Waals surface area contributed by atoms with Crippen LogP contribution in [0.1, 0.15) is 113 Å². The lowest BCUT2D eigenvalue weighted by atomic mass is 9.81. The molecular formula is C74H74N2. The quantitative estimate of drug-likeness (QED) is 0.140. The molecule has 0 amide bonds. The lowest BCUT2D eigenvalue weighted by Gasteiger charge is -2.33. The summed E-state index contributed by atoms with van der Waals surface area (Å²) in [6.07, 6.45) is 6.76. The highest BCUT2D eigenvalue weighted by Crippen LogP contribution is 2.50. The molecule has 0 aromatic heterocycles. The van der Waals surface area contributed by atoms with Gasteiger partial charge in [-0.2, -0.15) is 0 Å². The Hall–Kier alpha value is -7.68. The van der Waals surface area contributed by atoms with E-state index in [2.05, 4.69) is 299 Å². The predicted molar refractivity (Wildman–Crippen MR) is 332 cm³/mol. The third-order valence-corrected chi connectivity index (χ3v) is 16.0. The first-order chi connectivity index (χ1) is 36.2. The summed E-state index contributed by atoms with van der Waals surface area (Å²) < 4.78 is 0. The van der Waals surface area contributed by atoms with E-state index < -0.39 is 0 Å². The van der Waals surface area contributed by atoms with Crippen LogP contribution in [0.4, 0.5) is 28.4 Å². The summed E-state index contributed by atoms with van der Waals surface area (Å²) in [4.78, 5) is 4.98. The van der Waals surface area contributed by atoms with E-state index >= 15 is 0 Å². The molecule has 1 aliphatic rings. The molecule has 0 heterocycles. The first-order valence-corrected chi connectivity index (χ1v) is 27.5. The number of anilines is 5. The van der Waals surface area contributed by atoms with Gasteiger partial charge in [0.05, 0.1) is 0 Å². The number of hydrogen-bond acceptors (Lipinski definition) is 2. The molecule has 0 radical (unpaired) electrons. The minimum atomic E-state index is 0.0314. The molecule has 0 fully saturated rings. The molecule has 0 bridgehead atoms. The third kappa shape index (κ3) is 9.75. The van der Waals surface area contributed by atoms with Crippen LogP contribution in [0.3, 0.4) is 0 Å². The summed E-state index contributed by atoms with van der Waals surface area (Å²) in [5.74, 6) is 0. The summed E-state index contributed by atoms with van der Waals surface area (Å²) in [6, 6.07) is 74.0. The number of fused-ring (bicyclic) bond motifs is 4. The molecule has 0 unspecified atom stereocenters. The number of hydrogen-bond donors (Lipinski definition) is 0. The molecule has 2 heteroatoms. The monoisotopic (exact) mass is 991 g/mol. The average Bonchev–Trinajstić information content (AvgIpc) is 3.43. The van der Waals surface area contributed by atoms with Crippen LogP contribution in [-0.2, 0) is 16.2 Å². The van der Waals surface area contributed by atoms with Crippen molar-refractivity contribution in [3.63, 3.8) is 0 Å². The second-order valence-electron chi connectivity index (χ2n) is 25.5. The summed E-state index contributed by atoms with van der Waals surface area (Å²) >= 11 is 0. The van der Waals surface area contributed by atoms with Crippen LogP contribution < -0.4 is 9.80 Å². The molecule has 0 saturated heterocycles. The van der Waals surface area contributed by atoms with E-state index in [0.717, 1.165) is 35.6 Å². The largest absolute Gasteiger partial charge is 0.314 e. The Balaban J connectivity index is 1.22. The van der Waals surface area contributed by atoms with Crippen LogP contribution in [0, 0.1) is 5.41 Å². The molecule has 1 aliphatic carbocycles. The van der Waals surface area contributed by atoms with Gasteiger partial charge in [0.15, 0.2) is 0 Å². The average molecular weight is 991 g/mol. The van der Waals surface area contributed by atoms with Gasteiger partial charge in [0.1, 0.15) is 0 Å². The van der Waals surface area contributed by atoms with Gasteiger partial charge in [0.25, 0.3) is 0 Å². The number of benzene rings is 10. The van der Waals surface area contributed by atoms with Gasteiger partial charge >= 0.3 is 0 Å². The van der Waals surface area contributed by atoms with Crippen molar-refractivity contribution in [2.45, 2.75) is 112 Å². The summed E-state index contributed by atoms with van der Waals surface area (Å²) in [5, 5.41) is 9.79. The Morgan fingerprint density at radius 2 is 0.658 bits per heavy atom. The minimum Gasteiger partial charge on any atom is -0.314 e. The molecular weight excluding hydrogens is 917 g/mol. The van der Waals surface area contributed by atoms with E-state index in [1.165, 1.54) is 99.0 Å². The van der Waals surface area contributed by atoms with Crippen molar-refractivity contribution >= 4 is 71.5 Å². The topological polar surface area (TPSA) is 6.48 Å². The van der Waals surface area contributed by atoms with E-state index in [9.17, 15) is 0 Å². The molecule has 11 rings (SSSR count). The highest BCUT2D eigenvalue weighted by molar-refractivity contribution is 6.23. The minimum absolute atomic E-state index is 0.0314. The Morgan fingerprint density at radius 3 is 1.03 bits per heavy atom. The Labute approximate surface area is 453 Å². The maximum absolute atomic E-state index is 2.53. The molecule has 0 saturated carbocycles. The molecule has 380 valence electrons. The zero-order chi connectivity index (χ0) is 53.3. The van der Waals surface area contributed by atoms with E-state index in [0.29, 0.717) is 0 Å². The summed E-state index contributed by atoms with van der Waals surface area (Å²) in [5.41, 5.74) is 17.5. The van der Waals surface area contributed by atoms with E-state index in [-0.39, 0.29) is 21.7 Å². The predicted octanol–water partition coefficient (Wildman–Crippen LogP) is 21.8. The zero-order valence-electron chi connectivity index (χ0n) is 46.9. The van der Waals surface area contributed by atoms with Crippen LogP contribution in [-0.4, -0.2) is 0 Å². The fourth-order valence-corrected chi connectivity index (χ4v) is 11.5. The van der Waals surface area contributed by atoms with Gasteiger partial charge in [-0.25, -0.2) is 0 Å². The van der Waals surface area contributed by atoms with Gasteiger partial charge in [-0.3, -0.25) is 0 Å². The second kappa shape index (κ2) is 19.2. The van der Waals surface area contributed by atoms with E-state index in [1.807, 2.05) is 0 Å². The molecule has 0 N–H and O–H groups in total. The highest BCUT2D eigenvalue weighted by Gasteiger charge is 2.27. The standard InChI is InChI=1S/C74H74N2/c1-71(2,3)55-25-33-59(34-26-55)75(60-35-27-56(28-36-60)72(4,5)6)63-41-43-65-67(47-63)69(53-23-21-49-17-13-15-19-51(49)45-53)66-44-42-64(48-68(66)70(65)54-24-22-50-18-14-16-20-52(50)46-54)76(61-37-29-57(30-38-61)73(7,8)9)62-39-31-58(32-40-62)74(10,11)12/h13-31,33-39,41-48H,32,40H2,1-12H3. The fourth-order valence-electron chi connectivity index (χ4n) is 11.5. The van der Waals surface area contributed by atoms with E-state index in [1.54, 1.807) is 0 Å². The van der Waals surface area contributed by atoms with Crippen molar-refractivity contribution < 1.29 is 0 Å². The van der Waals surface area contributed by atoms with Crippen LogP contribution in [0.2, 0.25) is 0 Å². The third-order valence-electron chi connectivity index (χ3n) is 16.0. The van der Waals surface area contributed by atoms with Gasteiger partial charge in [-0.1, -0.05) is 216 Å². The Kier molecular flexibility index (Phi) is 12.7. The van der Waals surface area contributed by atoms with Crippen LogP contribution in [0.15, 0.2) is 218 Å². The van der Waals surface area contributed by atoms with Gasteiger partial charge in [0.2, 0.25) is 0 Å². The molecule has 76 heavy (non-hydrogen) atoms. The molecule has 10 aromatic rings. The second-order valence-corrected chi connectivity index (χ2v) is 25.5. The molecule has 2 nitrogen and oxygen atoms in total. The fraction of sp³-hybridized carbons (Fsp3) is 0.243. The van der Waals surface area contributed by atoms with Crippen molar-refractivity contribution in [1.29, 1.82) is 0 Å². The number of allylic oxidation sites excluding steroid dienone is 4. The first-order valence-electron chi connectivity index (χ1n) is 27.5. The smallest absolute Gasteiger partial charge is 0.0468 e. The van der Waals surface area contributed by atoms with E-state index in [4.69, 9.17) is 0 Å². The Morgan fingerprint density at radius 1 is 0.289 bits per heavy atom.